The molecule has 0 saturated heterocycles. The Balaban J connectivity index is 1.64. The molecule has 0 aliphatic heterocycles. The van der Waals surface area contributed by atoms with Gasteiger partial charge in [0.15, 0.2) is 0 Å². The minimum Gasteiger partial charge on any atom is -0.325 e. The molecule has 0 saturated carbocycles. The summed E-state index contributed by atoms with van der Waals surface area (Å²) in [6.07, 6.45) is 0.909. The molecule has 2 N–H and O–H groups in total. The van der Waals surface area contributed by atoms with Crippen LogP contribution in [0.5, 0.6) is 0 Å². The molecule has 3 aromatic rings. The summed E-state index contributed by atoms with van der Waals surface area (Å²) in [5, 5.41) is 5.83. The maximum atomic E-state index is 12.8. The SMILES string of the molecule is CCc1cccc(NC(=O)c2ccccc2SCC(=O)Nc2ccc(C)cc2)c1. The van der Waals surface area contributed by atoms with E-state index in [0.717, 1.165) is 28.3 Å². The molecule has 0 aromatic heterocycles. The van der Waals surface area contributed by atoms with E-state index < -0.39 is 0 Å². The predicted molar refractivity (Wildman–Crippen MR) is 121 cm³/mol. The minimum absolute atomic E-state index is 0.107. The molecule has 0 unspecified atom stereocenters. The highest BCUT2D eigenvalue weighted by atomic mass is 32.2. The fraction of sp³-hybridized carbons (Fsp3) is 0.167. The third-order valence-electron chi connectivity index (χ3n) is 4.42. The molecule has 0 aliphatic carbocycles. The van der Waals surface area contributed by atoms with Gasteiger partial charge in [0.2, 0.25) is 5.91 Å². The molecule has 3 aromatic carbocycles. The van der Waals surface area contributed by atoms with Gasteiger partial charge in [0.1, 0.15) is 0 Å². The molecule has 5 heteroatoms. The molecule has 29 heavy (non-hydrogen) atoms. The molecule has 0 aliphatic rings. The van der Waals surface area contributed by atoms with Gasteiger partial charge in [-0.25, -0.2) is 0 Å². The van der Waals surface area contributed by atoms with Crippen LogP contribution in [0.4, 0.5) is 11.4 Å². The summed E-state index contributed by atoms with van der Waals surface area (Å²) in [4.78, 5) is 25.8. The molecule has 0 fully saturated rings. The number of nitrogens with one attached hydrogen (secondary N) is 2. The van der Waals surface area contributed by atoms with E-state index in [-0.39, 0.29) is 17.6 Å². The largest absolute Gasteiger partial charge is 0.325 e. The first-order valence-electron chi connectivity index (χ1n) is 9.54. The number of rotatable bonds is 7. The number of anilines is 2. The molecule has 2 amide bonds. The smallest absolute Gasteiger partial charge is 0.256 e. The van der Waals surface area contributed by atoms with Crippen LogP contribution >= 0.6 is 11.8 Å². The first-order chi connectivity index (χ1) is 14.0. The van der Waals surface area contributed by atoms with E-state index in [1.165, 1.54) is 17.3 Å². The lowest BCUT2D eigenvalue weighted by Crippen LogP contribution is -2.16. The highest BCUT2D eigenvalue weighted by Crippen LogP contribution is 2.24. The van der Waals surface area contributed by atoms with E-state index in [2.05, 4.69) is 17.6 Å². The van der Waals surface area contributed by atoms with Crippen molar-refractivity contribution in [1.29, 1.82) is 0 Å². The lowest BCUT2D eigenvalue weighted by molar-refractivity contribution is -0.113. The molecule has 4 nitrogen and oxygen atoms in total. The molecule has 0 atom stereocenters. The molecule has 148 valence electrons. The minimum atomic E-state index is -0.180. The Morgan fingerprint density at radius 3 is 2.38 bits per heavy atom. The summed E-state index contributed by atoms with van der Waals surface area (Å²) in [5.74, 6) is -0.0613. The third-order valence-corrected chi connectivity index (χ3v) is 5.49. The van der Waals surface area contributed by atoms with Crippen LogP contribution in [0.1, 0.15) is 28.4 Å². The van der Waals surface area contributed by atoms with Crippen LogP contribution in [-0.2, 0) is 11.2 Å². The topological polar surface area (TPSA) is 58.2 Å². The Kier molecular flexibility index (Phi) is 7.09. The summed E-state index contributed by atoms with van der Waals surface area (Å²) in [6.45, 7) is 4.08. The van der Waals surface area contributed by atoms with Gasteiger partial charge in [0, 0.05) is 16.3 Å². The summed E-state index contributed by atoms with van der Waals surface area (Å²) in [6, 6.07) is 22.8. The number of carbonyl (C=O) groups is 2. The number of aryl methyl sites for hydroxylation is 2. The number of amides is 2. The zero-order valence-electron chi connectivity index (χ0n) is 16.6. The molecular weight excluding hydrogens is 380 g/mol. The van der Waals surface area contributed by atoms with Crippen molar-refractivity contribution < 1.29 is 9.59 Å². The maximum absolute atomic E-state index is 12.8. The van der Waals surface area contributed by atoms with Gasteiger partial charge in [-0.15, -0.1) is 11.8 Å². The van der Waals surface area contributed by atoms with Crippen molar-refractivity contribution in [3.63, 3.8) is 0 Å². The summed E-state index contributed by atoms with van der Waals surface area (Å²) >= 11 is 1.35. The Labute approximate surface area is 175 Å². The summed E-state index contributed by atoms with van der Waals surface area (Å²) in [7, 11) is 0. The lowest BCUT2D eigenvalue weighted by atomic mass is 10.1. The second kappa shape index (κ2) is 9.94. The van der Waals surface area contributed by atoms with Gasteiger partial charge in [0.05, 0.1) is 11.3 Å². The van der Waals surface area contributed by atoms with E-state index in [1.54, 1.807) is 6.07 Å². The van der Waals surface area contributed by atoms with Gasteiger partial charge in [-0.05, 0) is 55.3 Å². The van der Waals surface area contributed by atoms with Crippen molar-refractivity contribution in [3.05, 3.63) is 89.5 Å². The molecule has 0 radical (unpaired) electrons. The summed E-state index contributed by atoms with van der Waals surface area (Å²) in [5.41, 5.74) is 4.40. The Morgan fingerprint density at radius 1 is 0.862 bits per heavy atom. The molecule has 3 rings (SSSR count). The fourth-order valence-electron chi connectivity index (χ4n) is 2.82. The number of thioether (sulfide) groups is 1. The van der Waals surface area contributed by atoms with E-state index in [0.29, 0.717) is 5.56 Å². The van der Waals surface area contributed by atoms with Crippen LogP contribution in [-0.4, -0.2) is 17.6 Å². The average Bonchev–Trinajstić information content (AvgIpc) is 2.74. The van der Waals surface area contributed by atoms with Crippen molar-refractivity contribution in [2.24, 2.45) is 0 Å². The van der Waals surface area contributed by atoms with Crippen LogP contribution in [0, 0.1) is 6.92 Å². The van der Waals surface area contributed by atoms with Gasteiger partial charge in [0.25, 0.3) is 5.91 Å². The number of hydrogen-bond acceptors (Lipinski definition) is 3. The van der Waals surface area contributed by atoms with Crippen LogP contribution in [0.15, 0.2) is 77.7 Å². The first-order valence-corrected chi connectivity index (χ1v) is 10.5. The van der Waals surface area contributed by atoms with Gasteiger partial charge in [-0.3, -0.25) is 9.59 Å². The van der Waals surface area contributed by atoms with Crippen molar-refractivity contribution in [3.8, 4) is 0 Å². The monoisotopic (exact) mass is 404 g/mol. The number of carbonyl (C=O) groups excluding carboxylic acids is 2. The molecular formula is C24H24N2O2S. The van der Waals surface area contributed by atoms with Crippen molar-refractivity contribution >= 4 is 35.0 Å². The lowest BCUT2D eigenvalue weighted by Gasteiger charge is -2.11. The zero-order chi connectivity index (χ0) is 20.6. The normalized spacial score (nSPS) is 10.4. The quantitative estimate of drug-likeness (QED) is 0.508. The van der Waals surface area contributed by atoms with E-state index in [9.17, 15) is 9.59 Å². The fourth-order valence-corrected chi connectivity index (χ4v) is 3.67. The van der Waals surface area contributed by atoms with Gasteiger partial charge >= 0.3 is 0 Å². The summed E-state index contributed by atoms with van der Waals surface area (Å²) < 4.78 is 0. The zero-order valence-corrected chi connectivity index (χ0v) is 17.4. The number of benzene rings is 3. The first kappa shape index (κ1) is 20.7. The van der Waals surface area contributed by atoms with Crippen LogP contribution in [0.2, 0.25) is 0 Å². The second-order valence-electron chi connectivity index (χ2n) is 6.71. The van der Waals surface area contributed by atoms with Gasteiger partial charge in [-0.1, -0.05) is 48.9 Å². The number of hydrogen-bond donors (Lipinski definition) is 2. The van der Waals surface area contributed by atoms with Gasteiger partial charge in [-0.2, -0.15) is 0 Å². The third kappa shape index (κ3) is 5.96. The highest BCUT2D eigenvalue weighted by Gasteiger charge is 2.13. The van der Waals surface area contributed by atoms with E-state index in [4.69, 9.17) is 0 Å². The van der Waals surface area contributed by atoms with Gasteiger partial charge < -0.3 is 10.6 Å². The van der Waals surface area contributed by atoms with E-state index >= 15 is 0 Å². The average molecular weight is 405 g/mol. The van der Waals surface area contributed by atoms with Crippen molar-refractivity contribution in [1.82, 2.24) is 0 Å². The van der Waals surface area contributed by atoms with E-state index in [1.807, 2.05) is 73.7 Å². The Hall–Kier alpha value is -3.05. The Morgan fingerprint density at radius 2 is 1.62 bits per heavy atom. The molecule has 0 heterocycles. The van der Waals surface area contributed by atoms with Crippen molar-refractivity contribution in [2.45, 2.75) is 25.2 Å². The maximum Gasteiger partial charge on any atom is 0.256 e. The predicted octanol–water partition coefficient (Wildman–Crippen LogP) is 5.54. The highest BCUT2D eigenvalue weighted by molar-refractivity contribution is 8.00. The second-order valence-corrected chi connectivity index (χ2v) is 7.72. The Bertz CT molecular complexity index is 1000. The standard InChI is InChI=1S/C24H24N2O2S/c1-3-18-7-6-8-20(15-18)26-24(28)21-9-4-5-10-22(21)29-16-23(27)25-19-13-11-17(2)12-14-19/h4-15H,3,16H2,1-2H3,(H,25,27)(H,26,28). The van der Waals surface area contributed by atoms with Crippen LogP contribution < -0.4 is 10.6 Å². The van der Waals surface area contributed by atoms with Crippen LogP contribution in [0.3, 0.4) is 0 Å². The molecule has 0 bridgehead atoms. The van der Waals surface area contributed by atoms with Crippen molar-refractivity contribution in [2.75, 3.05) is 16.4 Å². The molecule has 0 spiro atoms. The van der Waals surface area contributed by atoms with Crippen LogP contribution in [0.25, 0.3) is 0 Å².